The average molecular weight is 176 g/mol. The number of hydrogen-bond acceptors (Lipinski definition) is 3. The van der Waals surface area contributed by atoms with Gasteiger partial charge in [-0.1, -0.05) is 0 Å². The minimum Gasteiger partial charge on any atom is -0.396 e. The topological polar surface area (TPSA) is 29.5 Å². The molecule has 0 bridgehead atoms. The first kappa shape index (κ1) is 9.36. The molecule has 2 nitrogen and oxygen atoms in total. The summed E-state index contributed by atoms with van der Waals surface area (Å²) in [6, 6.07) is 0. The zero-order valence-electron chi connectivity index (χ0n) is 6.79. The Bertz CT molecular complexity index is 92.1. The molecule has 1 fully saturated rings. The van der Waals surface area contributed by atoms with Gasteiger partial charge < -0.3 is 9.84 Å². The number of rotatable bonds is 4. The van der Waals surface area contributed by atoms with Gasteiger partial charge in [0.2, 0.25) is 0 Å². The molecule has 11 heavy (non-hydrogen) atoms. The standard InChI is InChI=1S/C8H16O2S/c9-3-6-11-7-8-1-4-10-5-2-8/h8-9H,1-7H2. The predicted molar refractivity (Wildman–Crippen MR) is 48.0 cm³/mol. The summed E-state index contributed by atoms with van der Waals surface area (Å²) in [5.41, 5.74) is 0. The Kier molecular flexibility index (Phi) is 4.99. The molecular formula is C8H16O2S. The number of aliphatic hydroxyl groups excluding tert-OH is 1. The molecule has 0 aliphatic carbocycles. The molecule has 1 saturated heterocycles. The fraction of sp³-hybridized carbons (Fsp3) is 1.00. The van der Waals surface area contributed by atoms with E-state index in [4.69, 9.17) is 9.84 Å². The van der Waals surface area contributed by atoms with Crippen molar-refractivity contribution in [2.75, 3.05) is 31.3 Å². The molecule has 0 unspecified atom stereocenters. The van der Waals surface area contributed by atoms with E-state index < -0.39 is 0 Å². The van der Waals surface area contributed by atoms with Crippen LogP contribution < -0.4 is 0 Å². The molecule has 0 radical (unpaired) electrons. The van der Waals surface area contributed by atoms with Gasteiger partial charge in [0.15, 0.2) is 0 Å². The van der Waals surface area contributed by atoms with Gasteiger partial charge in [0.1, 0.15) is 0 Å². The molecule has 0 aromatic heterocycles. The maximum atomic E-state index is 8.55. The predicted octanol–water partition coefficient (Wildman–Crippen LogP) is 1.14. The monoisotopic (exact) mass is 176 g/mol. The third-order valence-corrected chi connectivity index (χ3v) is 3.11. The number of hydrogen-bond donors (Lipinski definition) is 1. The van der Waals surface area contributed by atoms with Gasteiger partial charge in [-0.25, -0.2) is 0 Å². The van der Waals surface area contributed by atoms with Crippen molar-refractivity contribution < 1.29 is 9.84 Å². The van der Waals surface area contributed by atoms with Crippen LogP contribution in [-0.4, -0.2) is 36.4 Å². The molecule has 1 heterocycles. The molecule has 1 N–H and O–H groups in total. The fourth-order valence-corrected chi connectivity index (χ4v) is 2.19. The van der Waals surface area contributed by atoms with Crippen LogP contribution in [-0.2, 0) is 4.74 Å². The Labute approximate surface area is 72.3 Å². The summed E-state index contributed by atoms with van der Waals surface area (Å²) in [5.74, 6) is 2.92. The number of aliphatic hydroxyl groups is 1. The van der Waals surface area contributed by atoms with Crippen LogP contribution in [0.25, 0.3) is 0 Å². The normalized spacial score (nSPS) is 20.5. The Balaban J connectivity index is 1.96. The Morgan fingerprint density at radius 3 is 2.73 bits per heavy atom. The van der Waals surface area contributed by atoms with Crippen LogP contribution in [0.5, 0.6) is 0 Å². The van der Waals surface area contributed by atoms with Crippen LogP contribution in [0.3, 0.4) is 0 Å². The highest BCUT2D eigenvalue weighted by molar-refractivity contribution is 7.99. The Hall–Kier alpha value is 0.270. The highest BCUT2D eigenvalue weighted by Crippen LogP contribution is 2.19. The lowest BCUT2D eigenvalue weighted by molar-refractivity contribution is 0.0728. The molecule has 0 aromatic carbocycles. The van der Waals surface area contributed by atoms with E-state index in [9.17, 15) is 0 Å². The zero-order valence-corrected chi connectivity index (χ0v) is 7.61. The van der Waals surface area contributed by atoms with Crippen molar-refractivity contribution in [1.82, 2.24) is 0 Å². The van der Waals surface area contributed by atoms with Crippen LogP contribution >= 0.6 is 11.8 Å². The summed E-state index contributed by atoms with van der Waals surface area (Å²) < 4.78 is 5.25. The van der Waals surface area contributed by atoms with Gasteiger partial charge in [-0.3, -0.25) is 0 Å². The molecular weight excluding hydrogens is 160 g/mol. The SMILES string of the molecule is OCCSCC1CCOCC1. The molecule has 0 atom stereocenters. The second-order valence-electron chi connectivity index (χ2n) is 2.85. The molecule has 1 aliphatic heterocycles. The van der Waals surface area contributed by atoms with Crippen LogP contribution in [0.2, 0.25) is 0 Å². The van der Waals surface area contributed by atoms with E-state index in [1.807, 2.05) is 11.8 Å². The first-order valence-corrected chi connectivity index (χ1v) is 5.35. The lowest BCUT2D eigenvalue weighted by Gasteiger charge is -2.21. The molecule has 0 amide bonds. The van der Waals surface area contributed by atoms with Crippen molar-refractivity contribution in [2.24, 2.45) is 5.92 Å². The minimum atomic E-state index is 0.313. The van der Waals surface area contributed by atoms with E-state index in [1.54, 1.807) is 0 Å². The average Bonchev–Trinajstić information content (AvgIpc) is 2.07. The smallest absolute Gasteiger partial charge is 0.0521 e. The summed E-state index contributed by atoms with van der Waals surface area (Å²) in [7, 11) is 0. The minimum absolute atomic E-state index is 0.313. The van der Waals surface area contributed by atoms with Crippen LogP contribution in [0.1, 0.15) is 12.8 Å². The van der Waals surface area contributed by atoms with Gasteiger partial charge in [0, 0.05) is 19.0 Å². The van der Waals surface area contributed by atoms with E-state index in [0.717, 1.165) is 24.9 Å². The molecule has 66 valence electrons. The third-order valence-electron chi connectivity index (χ3n) is 1.93. The maximum Gasteiger partial charge on any atom is 0.0521 e. The maximum absolute atomic E-state index is 8.55. The summed E-state index contributed by atoms with van der Waals surface area (Å²) in [6.45, 7) is 2.18. The third kappa shape index (κ3) is 3.99. The van der Waals surface area contributed by atoms with E-state index >= 15 is 0 Å². The van der Waals surface area contributed by atoms with Gasteiger partial charge in [-0.2, -0.15) is 11.8 Å². The van der Waals surface area contributed by atoms with Crippen molar-refractivity contribution in [3.05, 3.63) is 0 Å². The van der Waals surface area contributed by atoms with Crippen LogP contribution in [0.15, 0.2) is 0 Å². The van der Waals surface area contributed by atoms with Crippen molar-refractivity contribution in [2.45, 2.75) is 12.8 Å². The van der Waals surface area contributed by atoms with Crippen molar-refractivity contribution in [3.8, 4) is 0 Å². The molecule has 0 spiro atoms. The lowest BCUT2D eigenvalue weighted by Crippen LogP contribution is -2.17. The fourth-order valence-electron chi connectivity index (χ4n) is 1.23. The quantitative estimate of drug-likeness (QED) is 0.651. The van der Waals surface area contributed by atoms with Crippen molar-refractivity contribution >= 4 is 11.8 Å². The first-order chi connectivity index (χ1) is 5.43. The summed E-state index contributed by atoms with van der Waals surface area (Å²) in [6.07, 6.45) is 2.41. The van der Waals surface area contributed by atoms with Gasteiger partial charge in [-0.05, 0) is 24.5 Å². The second-order valence-corrected chi connectivity index (χ2v) is 4.00. The Morgan fingerprint density at radius 2 is 2.09 bits per heavy atom. The van der Waals surface area contributed by atoms with Crippen molar-refractivity contribution in [1.29, 1.82) is 0 Å². The highest BCUT2D eigenvalue weighted by atomic mass is 32.2. The summed E-state index contributed by atoms with van der Waals surface area (Å²) in [4.78, 5) is 0. The van der Waals surface area contributed by atoms with E-state index in [1.165, 1.54) is 18.6 Å². The Morgan fingerprint density at radius 1 is 1.36 bits per heavy atom. The largest absolute Gasteiger partial charge is 0.396 e. The number of thioether (sulfide) groups is 1. The molecule has 0 aromatic rings. The van der Waals surface area contributed by atoms with Crippen LogP contribution in [0, 0.1) is 5.92 Å². The molecule has 3 heteroatoms. The zero-order chi connectivity index (χ0) is 7.94. The van der Waals surface area contributed by atoms with Gasteiger partial charge in [0.25, 0.3) is 0 Å². The van der Waals surface area contributed by atoms with Gasteiger partial charge in [0.05, 0.1) is 6.61 Å². The van der Waals surface area contributed by atoms with Gasteiger partial charge >= 0.3 is 0 Å². The van der Waals surface area contributed by atoms with Crippen LogP contribution in [0.4, 0.5) is 0 Å². The molecule has 1 rings (SSSR count). The molecule has 0 saturated carbocycles. The van der Waals surface area contributed by atoms with Gasteiger partial charge in [-0.15, -0.1) is 0 Å². The van der Waals surface area contributed by atoms with E-state index in [0.29, 0.717) is 6.61 Å². The molecule has 1 aliphatic rings. The summed E-state index contributed by atoms with van der Waals surface area (Å²) >= 11 is 1.85. The van der Waals surface area contributed by atoms with Crippen molar-refractivity contribution in [3.63, 3.8) is 0 Å². The lowest BCUT2D eigenvalue weighted by atomic mass is 10.0. The summed E-state index contributed by atoms with van der Waals surface area (Å²) in [5, 5.41) is 8.55. The highest BCUT2D eigenvalue weighted by Gasteiger charge is 2.12. The second kappa shape index (κ2) is 5.86. The number of ether oxygens (including phenoxy) is 1. The van der Waals surface area contributed by atoms with E-state index in [2.05, 4.69) is 0 Å². The van der Waals surface area contributed by atoms with E-state index in [-0.39, 0.29) is 0 Å². The first-order valence-electron chi connectivity index (χ1n) is 4.20.